The summed E-state index contributed by atoms with van der Waals surface area (Å²) >= 11 is 0. The molecule has 3 heterocycles. The molecule has 2 aromatic rings. The number of ether oxygens (including phenoxy) is 1. The number of nitrogens with one attached hydrogen (secondary N) is 2. The van der Waals surface area contributed by atoms with Crippen molar-refractivity contribution in [3.63, 3.8) is 0 Å². The van der Waals surface area contributed by atoms with Gasteiger partial charge in [0, 0.05) is 44.4 Å². The summed E-state index contributed by atoms with van der Waals surface area (Å²) in [6.07, 6.45) is 4.40. The van der Waals surface area contributed by atoms with Crippen LogP contribution in [-0.4, -0.2) is 73.2 Å². The first-order valence-corrected chi connectivity index (χ1v) is 10.1. The van der Waals surface area contributed by atoms with Gasteiger partial charge in [-0.1, -0.05) is 6.07 Å². The number of carbonyl (C=O) groups excluding carboxylic acids is 1. The zero-order valence-corrected chi connectivity index (χ0v) is 16.0. The van der Waals surface area contributed by atoms with Crippen LogP contribution >= 0.6 is 0 Å². The van der Waals surface area contributed by atoms with E-state index in [1.807, 2.05) is 6.20 Å². The van der Waals surface area contributed by atoms with Crippen molar-refractivity contribution < 1.29 is 9.53 Å². The molecule has 0 aliphatic carbocycles. The summed E-state index contributed by atoms with van der Waals surface area (Å²) in [7, 11) is 0. The van der Waals surface area contributed by atoms with Crippen LogP contribution in [0.1, 0.15) is 18.4 Å². The first-order chi connectivity index (χ1) is 13.3. The zero-order valence-electron chi connectivity index (χ0n) is 16.0. The maximum Gasteiger partial charge on any atom is 0.234 e. The van der Waals surface area contributed by atoms with Gasteiger partial charge < -0.3 is 15.0 Å². The van der Waals surface area contributed by atoms with Crippen molar-refractivity contribution in [2.24, 2.45) is 5.92 Å². The zero-order chi connectivity index (χ0) is 18.5. The van der Waals surface area contributed by atoms with Gasteiger partial charge in [0.05, 0.1) is 19.8 Å². The van der Waals surface area contributed by atoms with E-state index in [1.165, 1.54) is 29.3 Å². The van der Waals surface area contributed by atoms with E-state index in [1.54, 1.807) is 0 Å². The molecule has 6 heteroatoms. The molecule has 2 N–H and O–H groups in total. The van der Waals surface area contributed by atoms with E-state index < -0.39 is 0 Å². The number of likely N-dealkylation sites (tertiary alicyclic amines) is 1. The minimum atomic E-state index is 0.145. The van der Waals surface area contributed by atoms with Gasteiger partial charge in [0.1, 0.15) is 0 Å². The Morgan fingerprint density at radius 3 is 2.96 bits per heavy atom. The highest BCUT2D eigenvalue weighted by atomic mass is 16.5. The average molecular weight is 370 g/mol. The van der Waals surface area contributed by atoms with Gasteiger partial charge in [0.2, 0.25) is 5.91 Å². The van der Waals surface area contributed by atoms with E-state index in [2.05, 4.69) is 44.4 Å². The van der Waals surface area contributed by atoms with Crippen molar-refractivity contribution in [2.75, 3.05) is 52.5 Å². The van der Waals surface area contributed by atoms with Crippen molar-refractivity contribution in [1.82, 2.24) is 20.1 Å². The third-order valence-corrected chi connectivity index (χ3v) is 5.69. The van der Waals surface area contributed by atoms with Gasteiger partial charge >= 0.3 is 0 Å². The van der Waals surface area contributed by atoms with E-state index in [9.17, 15) is 4.79 Å². The molecule has 1 aromatic heterocycles. The highest BCUT2D eigenvalue weighted by molar-refractivity contribution is 5.80. The van der Waals surface area contributed by atoms with Crippen LogP contribution in [0.2, 0.25) is 0 Å². The fourth-order valence-electron chi connectivity index (χ4n) is 4.20. The third-order valence-electron chi connectivity index (χ3n) is 5.69. The topological polar surface area (TPSA) is 60.6 Å². The van der Waals surface area contributed by atoms with E-state index in [4.69, 9.17) is 4.74 Å². The number of aromatic amines is 1. The molecule has 2 saturated heterocycles. The first kappa shape index (κ1) is 18.5. The quantitative estimate of drug-likeness (QED) is 0.814. The Morgan fingerprint density at radius 2 is 2.07 bits per heavy atom. The number of H-pyrrole nitrogens is 1. The van der Waals surface area contributed by atoms with Gasteiger partial charge in [0.25, 0.3) is 0 Å². The Hall–Kier alpha value is -1.89. The normalized spacial score (nSPS) is 22.1. The molecule has 2 aliphatic heterocycles. The Morgan fingerprint density at radius 1 is 1.19 bits per heavy atom. The van der Waals surface area contributed by atoms with Crippen LogP contribution in [0.25, 0.3) is 10.9 Å². The predicted octanol–water partition coefficient (Wildman–Crippen LogP) is 1.83. The summed E-state index contributed by atoms with van der Waals surface area (Å²) in [5.74, 6) is 0.690. The van der Waals surface area contributed by atoms with Crippen molar-refractivity contribution in [3.05, 3.63) is 36.0 Å². The second kappa shape index (κ2) is 8.87. The number of nitrogens with zero attached hydrogens (tertiary/aromatic N) is 2. The number of morpholine rings is 1. The van der Waals surface area contributed by atoms with E-state index in [0.29, 0.717) is 12.5 Å². The lowest BCUT2D eigenvalue weighted by Crippen LogP contribution is -2.45. The summed E-state index contributed by atoms with van der Waals surface area (Å²) in [6.45, 7) is 7.66. The molecule has 1 amide bonds. The molecule has 6 nitrogen and oxygen atoms in total. The lowest BCUT2D eigenvalue weighted by molar-refractivity contribution is -0.123. The Kier molecular flexibility index (Phi) is 6.07. The number of fused-ring (bicyclic) bond motifs is 1. The smallest absolute Gasteiger partial charge is 0.234 e. The molecule has 0 spiro atoms. The minimum absolute atomic E-state index is 0.145. The molecule has 27 heavy (non-hydrogen) atoms. The van der Waals surface area contributed by atoms with Gasteiger partial charge in [-0.3, -0.25) is 14.6 Å². The summed E-state index contributed by atoms with van der Waals surface area (Å²) < 4.78 is 5.34. The van der Waals surface area contributed by atoms with Crippen LogP contribution in [0.15, 0.2) is 30.5 Å². The van der Waals surface area contributed by atoms with E-state index in [0.717, 1.165) is 52.5 Å². The average Bonchev–Trinajstić information content (AvgIpc) is 3.15. The van der Waals surface area contributed by atoms with Gasteiger partial charge in [-0.25, -0.2) is 0 Å². The first-order valence-electron chi connectivity index (χ1n) is 10.1. The number of carbonyl (C=O) groups is 1. The predicted molar refractivity (Wildman–Crippen MR) is 107 cm³/mol. The summed E-state index contributed by atoms with van der Waals surface area (Å²) in [5.41, 5.74) is 2.55. The number of benzene rings is 1. The molecule has 0 radical (unpaired) electrons. The standard InChI is InChI=1S/C21H30N4O2/c26-21(16-24-8-10-27-11-9-24)23-13-18-2-1-7-25(15-18)14-17-3-4-20-19(12-17)5-6-22-20/h3-6,12,18,22H,1-2,7-11,13-16H2,(H,23,26). The lowest BCUT2D eigenvalue weighted by Gasteiger charge is -2.33. The van der Waals surface area contributed by atoms with Gasteiger partial charge in [0.15, 0.2) is 0 Å². The lowest BCUT2D eigenvalue weighted by atomic mass is 9.97. The van der Waals surface area contributed by atoms with Crippen LogP contribution in [0.5, 0.6) is 0 Å². The number of aromatic nitrogens is 1. The number of amides is 1. The number of hydrogen-bond donors (Lipinski definition) is 2. The van der Waals surface area contributed by atoms with Gasteiger partial charge in [-0.2, -0.15) is 0 Å². The van der Waals surface area contributed by atoms with Gasteiger partial charge in [-0.05, 0) is 54.5 Å². The molecule has 0 bridgehead atoms. The molecule has 146 valence electrons. The fraction of sp³-hybridized carbons (Fsp3) is 0.571. The van der Waals surface area contributed by atoms with Crippen molar-refractivity contribution >= 4 is 16.8 Å². The van der Waals surface area contributed by atoms with Crippen LogP contribution in [0.4, 0.5) is 0 Å². The van der Waals surface area contributed by atoms with Gasteiger partial charge in [-0.15, -0.1) is 0 Å². The second-order valence-corrected chi connectivity index (χ2v) is 7.84. The van der Waals surface area contributed by atoms with Crippen LogP contribution in [-0.2, 0) is 16.1 Å². The largest absolute Gasteiger partial charge is 0.379 e. The number of piperidine rings is 1. The SMILES string of the molecule is O=C(CN1CCOCC1)NCC1CCCN(Cc2ccc3[nH]ccc3c2)C1. The van der Waals surface area contributed by atoms with Crippen molar-refractivity contribution in [1.29, 1.82) is 0 Å². The molecule has 1 atom stereocenters. The Balaban J connectivity index is 1.23. The monoisotopic (exact) mass is 370 g/mol. The maximum atomic E-state index is 12.2. The third kappa shape index (κ3) is 5.09. The number of hydrogen-bond acceptors (Lipinski definition) is 4. The van der Waals surface area contributed by atoms with Crippen molar-refractivity contribution in [2.45, 2.75) is 19.4 Å². The summed E-state index contributed by atoms with van der Waals surface area (Å²) in [6, 6.07) is 8.78. The van der Waals surface area contributed by atoms with Crippen molar-refractivity contribution in [3.8, 4) is 0 Å². The fourth-order valence-corrected chi connectivity index (χ4v) is 4.20. The highest BCUT2D eigenvalue weighted by Gasteiger charge is 2.21. The molecule has 1 aromatic carbocycles. The van der Waals surface area contributed by atoms with E-state index >= 15 is 0 Å². The minimum Gasteiger partial charge on any atom is -0.379 e. The van der Waals surface area contributed by atoms with Crippen LogP contribution in [0, 0.1) is 5.92 Å². The van der Waals surface area contributed by atoms with Crippen LogP contribution < -0.4 is 5.32 Å². The molecule has 0 saturated carbocycles. The molecule has 2 aliphatic rings. The molecule has 1 unspecified atom stereocenters. The Bertz CT molecular complexity index is 753. The summed E-state index contributed by atoms with van der Waals surface area (Å²) in [5, 5.41) is 4.43. The second-order valence-electron chi connectivity index (χ2n) is 7.84. The number of rotatable bonds is 6. The Labute approximate surface area is 160 Å². The molecular formula is C21H30N4O2. The molecule has 4 rings (SSSR count). The maximum absolute atomic E-state index is 12.2. The van der Waals surface area contributed by atoms with Crippen LogP contribution in [0.3, 0.4) is 0 Å². The molecule has 2 fully saturated rings. The molecular weight excluding hydrogens is 340 g/mol. The van der Waals surface area contributed by atoms with E-state index in [-0.39, 0.29) is 5.91 Å². The highest BCUT2D eigenvalue weighted by Crippen LogP contribution is 2.20. The summed E-state index contributed by atoms with van der Waals surface area (Å²) in [4.78, 5) is 20.2.